The Bertz CT molecular complexity index is 1510. The van der Waals surface area contributed by atoms with E-state index < -0.39 is 0 Å². The van der Waals surface area contributed by atoms with Crippen molar-refractivity contribution >= 4 is 49.6 Å². The van der Waals surface area contributed by atoms with E-state index in [2.05, 4.69) is 72.6 Å². The second-order valence-corrected chi connectivity index (χ2v) is 9.25. The van der Waals surface area contributed by atoms with Gasteiger partial charge >= 0.3 is 0 Å². The number of likely N-dealkylation sites (N-methyl/N-ethyl adjacent to an activating group) is 1. The molecule has 144 valence electrons. The number of anilines is 1. The summed E-state index contributed by atoms with van der Waals surface area (Å²) in [5.41, 5.74) is 7.22. The molecule has 2 aliphatic rings. The van der Waals surface area contributed by atoms with Crippen LogP contribution in [0.5, 0.6) is 0 Å². The smallest absolute Gasteiger partial charge is 0.0407 e. The lowest BCUT2D eigenvalue weighted by molar-refractivity contribution is 0.664. The zero-order valence-electron chi connectivity index (χ0n) is 16.7. The van der Waals surface area contributed by atoms with Gasteiger partial charge in [-0.25, -0.2) is 0 Å². The van der Waals surface area contributed by atoms with Crippen molar-refractivity contribution in [3.63, 3.8) is 0 Å². The molecule has 0 bridgehead atoms. The number of rotatable bonds is 3. The SMILES string of the molecule is CN(CC1Cc2ccc3ccc4ccc5ccc1c1c5c4c3c2-1)c1ccc(Cl)cc1. The van der Waals surface area contributed by atoms with Crippen molar-refractivity contribution in [2.45, 2.75) is 12.3 Å². The lowest BCUT2D eigenvalue weighted by Gasteiger charge is -2.32. The normalized spacial score (nSPS) is 16.0. The predicted molar refractivity (Wildman–Crippen MR) is 129 cm³/mol. The van der Waals surface area contributed by atoms with Crippen LogP contribution in [0, 0.1) is 0 Å². The monoisotopic (exact) mass is 405 g/mol. The average Bonchev–Trinajstić information content (AvgIpc) is 3.14. The minimum Gasteiger partial charge on any atom is -0.374 e. The van der Waals surface area contributed by atoms with Gasteiger partial charge in [0.2, 0.25) is 0 Å². The maximum atomic E-state index is 6.10. The number of halogens is 1. The Kier molecular flexibility index (Phi) is 3.22. The van der Waals surface area contributed by atoms with Crippen molar-refractivity contribution in [2.75, 3.05) is 18.5 Å². The molecule has 0 spiro atoms. The van der Waals surface area contributed by atoms with Gasteiger partial charge in [-0.05, 0) is 85.3 Å². The summed E-state index contributed by atoms with van der Waals surface area (Å²) in [5.74, 6) is 0.472. The van der Waals surface area contributed by atoms with Gasteiger partial charge in [0.05, 0.1) is 0 Å². The third-order valence-corrected chi connectivity index (χ3v) is 7.44. The molecule has 0 aliphatic heterocycles. The van der Waals surface area contributed by atoms with Gasteiger partial charge < -0.3 is 4.90 Å². The van der Waals surface area contributed by atoms with E-state index in [9.17, 15) is 0 Å². The van der Waals surface area contributed by atoms with Gasteiger partial charge in [0.1, 0.15) is 0 Å². The summed E-state index contributed by atoms with van der Waals surface area (Å²) in [7, 11) is 2.19. The van der Waals surface area contributed by atoms with E-state index in [1.54, 1.807) is 0 Å². The molecule has 2 aliphatic carbocycles. The third-order valence-electron chi connectivity index (χ3n) is 7.19. The van der Waals surface area contributed by atoms with Gasteiger partial charge in [0, 0.05) is 30.2 Å². The summed E-state index contributed by atoms with van der Waals surface area (Å²) in [4.78, 5) is 2.37. The molecule has 7 rings (SSSR count). The molecule has 1 unspecified atom stereocenters. The molecule has 0 saturated heterocycles. The van der Waals surface area contributed by atoms with Crippen LogP contribution in [0.15, 0.2) is 72.8 Å². The Morgan fingerprint density at radius 2 is 1.33 bits per heavy atom. The Labute approximate surface area is 180 Å². The summed E-state index contributed by atoms with van der Waals surface area (Å²) in [6, 6.07) is 26.7. The van der Waals surface area contributed by atoms with Crippen LogP contribution in [0.1, 0.15) is 17.0 Å². The van der Waals surface area contributed by atoms with Gasteiger partial charge in [0.25, 0.3) is 0 Å². The van der Waals surface area contributed by atoms with Crippen LogP contribution in [0.2, 0.25) is 5.02 Å². The highest BCUT2D eigenvalue weighted by atomic mass is 35.5. The largest absolute Gasteiger partial charge is 0.374 e. The zero-order chi connectivity index (χ0) is 20.0. The Balaban J connectivity index is 1.44. The fourth-order valence-electron chi connectivity index (χ4n) is 5.84. The molecule has 0 heterocycles. The number of nitrogens with zero attached hydrogens (tertiary/aromatic N) is 1. The number of benzene rings is 5. The van der Waals surface area contributed by atoms with E-state index in [4.69, 9.17) is 11.6 Å². The van der Waals surface area contributed by atoms with Crippen molar-refractivity contribution < 1.29 is 0 Å². The molecule has 0 fully saturated rings. The molecule has 5 aromatic carbocycles. The van der Waals surface area contributed by atoms with Gasteiger partial charge in [-0.2, -0.15) is 0 Å². The number of hydrogen-bond acceptors (Lipinski definition) is 1. The van der Waals surface area contributed by atoms with Crippen LogP contribution in [0.25, 0.3) is 43.4 Å². The summed E-state index contributed by atoms with van der Waals surface area (Å²) < 4.78 is 0. The molecule has 5 aromatic rings. The Hall–Kier alpha value is -3.03. The molecule has 0 aromatic heterocycles. The van der Waals surface area contributed by atoms with E-state index in [1.165, 1.54) is 60.3 Å². The van der Waals surface area contributed by atoms with Crippen LogP contribution < -0.4 is 4.90 Å². The maximum Gasteiger partial charge on any atom is 0.0407 e. The lowest BCUT2D eigenvalue weighted by atomic mass is 9.78. The minimum atomic E-state index is 0.472. The summed E-state index contributed by atoms with van der Waals surface area (Å²) in [6.07, 6.45) is 1.09. The first kappa shape index (κ1) is 16.7. The van der Waals surface area contributed by atoms with Crippen LogP contribution in [-0.2, 0) is 6.42 Å². The van der Waals surface area contributed by atoms with Crippen LogP contribution in [-0.4, -0.2) is 13.6 Å². The van der Waals surface area contributed by atoms with Crippen LogP contribution in [0.3, 0.4) is 0 Å². The van der Waals surface area contributed by atoms with Crippen molar-refractivity contribution in [1.82, 2.24) is 0 Å². The average molecular weight is 406 g/mol. The molecule has 0 saturated carbocycles. The lowest BCUT2D eigenvalue weighted by Crippen LogP contribution is -2.27. The highest BCUT2D eigenvalue weighted by molar-refractivity contribution is 6.34. The first-order valence-corrected chi connectivity index (χ1v) is 11.0. The molecule has 1 nitrogen and oxygen atoms in total. The second kappa shape index (κ2) is 5.77. The van der Waals surface area contributed by atoms with Crippen molar-refractivity contribution in [1.29, 1.82) is 0 Å². The molecule has 2 heteroatoms. The van der Waals surface area contributed by atoms with Crippen molar-refractivity contribution in [3.05, 3.63) is 88.9 Å². The van der Waals surface area contributed by atoms with E-state index in [1.807, 2.05) is 12.1 Å². The van der Waals surface area contributed by atoms with E-state index in [-0.39, 0.29) is 0 Å². The van der Waals surface area contributed by atoms with Gasteiger partial charge in [-0.1, -0.05) is 60.1 Å². The minimum absolute atomic E-state index is 0.472. The first-order chi connectivity index (χ1) is 14.7. The van der Waals surface area contributed by atoms with Gasteiger partial charge in [-0.15, -0.1) is 0 Å². The quantitative estimate of drug-likeness (QED) is 0.274. The molecule has 0 amide bonds. The van der Waals surface area contributed by atoms with Gasteiger partial charge in [0.15, 0.2) is 0 Å². The molecule has 0 N–H and O–H groups in total. The standard InChI is InChI=1S/C28H20ClN/c1-30(22-11-9-21(29)10-12-22)15-20-14-19-7-6-17-3-2-16-4-5-18-8-13-23(20)28-26(18)24(16)25(17)27(19)28/h2-13,20H,14-15H2,1H3. The van der Waals surface area contributed by atoms with Crippen LogP contribution in [0.4, 0.5) is 5.69 Å². The van der Waals surface area contributed by atoms with Crippen molar-refractivity contribution in [3.8, 4) is 11.1 Å². The second-order valence-electron chi connectivity index (χ2n) is 8.81. The van der Waals surface area contributed by atoms with Crippen LogP contribution >= 0.6 is 11.6 Å². The Morgan fingerprint density at radius 3 is 2.07 bits per heavy atom. The highest BCUT2D eigenvalue weighted by Crippen LogP contribution is 2.54. The predicted octanol–water partition coefficient (Wildman–Crippen LogP) is 7.56. The van der Waals surface area contributed by atoms with E-state index >= 15 is 0 Å². The topological polar surface area (TPSA) is 3.24 Å². The van der Waals surface area contributed by atoms with Crippen molar-refractivity contribution in [2.24, 2.45) is 0 Å². The summed E-state index contributed by atoms with van der Waals surface area (Å²) in [6.45, 7) is 0.990. The van der Waals surface area contributed by atoms with E-state index in [0.717, 1.165) is 18.0 Å². The fourth-order valence-corrected chi connectivity index (χ4v) is 5.97. The first-order valence-electron chi connectivity index (χ1n) is 10.6. The molecular weight excluding hydrogens is 386 g/mol. The molecule has 30 heavy (non-hydrogen) atoms. The Morgan fingerprint density at radius 1 is 0.733 bits per heavy atom. The third kappa shape index (κ3) is 2.08. The molecular formula is C28H20ClN. The maximum absolute atomic E-state index is 6.10. The zero-order valence-corrected chi connectivity index (χ0v) is 17.5. The summed E-state index contributed by atoms with van der Waals surface area (Å²) in [5, 5.41) is 9.29. The van der Waals surface area contributed by atoms with E-state index in [0.29, 0.717) is 5.92 Å². The van der Waals surface area contributed by atoms with Gasteiger partial charge in [-0.3, -0.25) is 0 Å². The molecule has 0 radical (unpaired) electrons. The number of hydrogen-bond donors (Lipinski definition) is 0. The summed E-state index contributed by atoms with van der Waals surface area (Å²) >= 11 is 6.10. The highest BCUT2D eigenvalue weighted by Gasteiger charge is 2.32. The fraction of sp³-hybridized carbons (Fsp3) is 0.143. The molecule has 1 atom stereocenters.